The number of nitrogens with one attached hydrogen (secondary N) is 1. The first-order valence-corrected chi connectivity index (χ1v) is 11.6. The van der Waals surface area contributed by atoms with Gasteiger partial charge in [0, 0.05) is 25.3 Å². The van der Waals surface area contributed by atoms with Crippen LogP contribution in [-0.4, -0.2) is 74.7 Å². The molecular formula is C23H32ClN5O2. The zero-order valence-corrected chi connectivity index (χ0v) is 19.5. The maximum atomic E-state index is 14.1. The van der Waals surface area contributed by atoms with E-state index in [0.717, 1.165) is 36.1 Å². The third-order valence-corrected chi connectivity index (χ3v) is 7.43. The van der Waals surface area contributed by atoms with Crippen molar-refractivity contribution in [1.29, 1.82) is 0 Å². The maximum Gasteiger partial charge on any atom is 0.250 e. The summed E-state index contributed by atoms with van der Waals surface area (Å²) in [6.07, 6.45) is 3.32. The number of benzene rings is 1. The Morgan fingerprint density at radius 2 is 2.13 bits per heavy atom. The van der Waals surface area contributed by atoms with Crippen LogP contribution < -0.4 is 4.90 Å². The minimum Gasteiger partial charge on any atom is -0.353 e. The number of carbonyl (C=O) groups is 2. The van der Waals surface area contributed by atoms with E-state index in [-0.39, 0.29) is 23.2 Å². The summed E-state index contributed by atoms with van der Waals surface area (Å²) in [5.74, 6) is 0.508. The Kier molecular flexibility index (Phi) is 6.01. The summed E-state index contributed by atoms with van der Waals surface area (Å²) in [6, 6.07) is 5.64. The molecule has 0 aliphatic carbocycles. The lowest BCUT2D eigenvalue weighted by molar-refractivity contribution is -0.147. The maximum absolute atomic E-state index is 14.1. The quantitative estimate of drug-likeness (QED) is 0.577. The summed E-state index contributed by atoms with van der Waals surface area (Å²) in [5, 5.41) is 0. The standard InChI is InChI=1S/C23H32ClN5O2/c1-5-27-13-23(4,22(31)28-9-8-15(2)10-20(28)16(3)30)29(12-21(27)24)17-6-7-18-19(11-17)26-14-25-18/h6-7,11,14-15,20-21H,5,8-10,12-13H2,1-4H3,(H,25,26). The number of Topliss-reactive ketones (excluding diaryl/α,β-unsaturated/α-hetero) is 1. The first-order valence-electron chi connectivity index (χ1n) is 11.1. The molecule has 168 valence electrons. The van der Waals surface area contributed by atoms with Crippen molar-refractivity contribution in [2.45, 2.75) is 57.6 Å². The Bertz CT molecular complexity index is 978. The number of amides is 1. The molecule has 4 atom stereocenters. The number of aromatic amines is 1. The van der Waals surface area contributed by atoms with Crippen LogP contribution in [0.15, 0.2) is 24.5 Å². The van der Waals surface area contributed by atoms with Crippen LogP contribution in [0.2, 0.25) is 0 Å². The fourth-order valence-corrected chi connectivity index (χ4v) is 5.45. The fraction of sp³-hybridized carbons (Fsp3) is 0.609. The average Bonchev–Trinajstić information content (AvgIpc) is 3.22. The van der Waals surface area contributed by atoms with E-state index in [4.69, 9.17) is 11.6 Å². The van der Waals surface area contributed by atoms with Gasteiger partial charge in [0.15, 0.2) is 5.78 Å². The van der Waals surface area contributed by atoms with Crippen molar-refractivity contribution in [1.82, 2.24) is 19.8 Å². The number of likely N-dealkylation sites (N-methyl/N-ethyl adjacent to an activating group) is 1. The number of H-pyrrole nitrogens is 1. The van der Waals surface area contributed by atoms with E-state index in [9.17, 15) is 9.59 Å². The number of fused-ring (bicyclic) bond motifs is 1. The lowest BCUT2D eigenvalue weighted by Gasteiger charge is -2.53. The number of hydrogen-bond acceptors (Lipinski definition) is 5. The molecule has 1 aromatic heterocycles. The molecule has 0 bridgehead atoms. The molecular weight excluding hydrogens is 414 g/mol. The zero-order chi connectivity index (χ0) is 22.3. The first-order chi connectivity index (χ1) is 14.7. The molecule has 0 saturated carbocycles. The van der Waals surface area contributed by atoms with Crippen LogP contribution in [0.5, 0.6) is 0 Å². The third-order valence-electron chi connectivity index (χ3n) is 7.01. The lowest BCUT2D eigenvalue weighted by Crippen LogP contribution is -2.71. The van der Waals surface area contributed by atoms with Crippen LogP contribution in [0.25, 0.3) is 11.0 Å². The van der Waals surface area contributed by atoms with Crippen molar-refractivity contribution in [3.63, 3.8) is 0 Å². The van der Waals surface area contributed by atoms with Crippen LogP contribution >= 0.6 is 11.6 Å². The van der Waals surface area contributed by atoms with Gasteiger partial charge in [0.25, 0.3) is 0 Å². The van der Waals surface area contributed by atoms with Gasteiger partial charge < -0.3 is 14.8 Å². The number of anilines is 1. The zero-order valence-electron chi connectivity index (χ0n) is 18.8. The topological polar surface area (TPSA) is 72.5 Å². The molecule has 2 aliphatic heterocycles. The van der Waals surface area contributed by atoms with E-state index in [1.165, 1.54) is 0 Å². The number of ketones is 1. The Labute approximate surface area is 188 Å². The van der Waals surface area contributed by atoms with Gasteiger partial charge in [-0.05, 0) is 57.4 Å². The van der Waals surface area contributed by atoms with Crippen LogP contribution in [0.3, 0.4) is 0 Å². The summed E-state index contributed by atoms with van der Waals surface area (Å²) in [5.41, 5.74) is 1.70. The summed E-state index contributed by atoms with van der Waals surface area (Å²) < 4.78 is 0. The number of alkyl halides is 1. The molecule has 2 aliphatic rings. The van der Waals surface area contributed by atoms with Gasteiger partial charge in [-0.1, -0.05) is 13.8 Å². The molecule has 1 aromatic carbocycles. The number of carbonyl (C=O) groups excluding carboxylic acids is 2. The normalized spacial score (nSPS) is 30.0. The Morgan fingerprint density at radius 1 is 1.35 bits per heavy atom. The summed E-state index contributed by atoms with van der Waals surface area (Å²) >= 11 is 6.73. The number of nitrogens with zero attached hydrogens (tertiary/aromatic N) is 4. The number of piperazine rings is 1. The molecule has 2 fully saturated rings. The summed E-state index contributed by atoms with van der Waals surface area (Å²) in [7, 11) is 0. The predicted octanol–water partition coefficient (Wildman–Crippen LogP) is 3.24. The number of piperidine rings is 1. The number of likely N-dealkylation sites (tertiary alicyclic amines) is 1. The minimum absolute atomic E-state index is 0.00586. The summed E-state index contributed by atoms with van der Waals surface area (Å²) in [6.45, 7) is 10.2. The minimum atomic E-state index is -0.830. The molecule has 8 heteroatoms. The molecule has 2 aromatic rings. The monoisotopic (exact) mass is 445 g/mol. The highest BCUT2D eigenvalue weighted by Crippen LogP contribution is 2.36. The van der Waals surface area contributed by atoms with Gasteiger partial charge in [-0.2, -0.15) is 0 Å². The second-order valence-electron chi connectivity index (χ2n) is 9.24. The van der Waals surface area contributed by atoms with Gasteiger partial charge in [-0.15, -0.1) is 11.6 Å². The number of imidazole rings is 1. The SMILES string of the molecule is CCN1CC(C)(C(=O)N2CCC(C)CC2C(C)=O)N(c2ccc3nc[nH]c3c2)CC1Cl. The highest BCUT2D eigenvalue weighted by molar-refractivity contribution is 6.21. The van der Waals surface area contributed by atoms with E-state index >= 15 is 0 Å². The van der Waals surface area contributed by atoms with E-state index in [0.29, 0.717) is 25.6 Å². The number of hydrogen-bond donors (Lipinski definition) is 1. The molecule has 31 heavy (non-hydrogen) atoms. The molecule has 0 spiro atoms. The summed E-state index contributed by atoms with van der Waals surface area (Å²) in [4.78, 5) is 40.1. The van der Waals surface area contributed by atoms with Gasteiger partial charge >= 0.3 is 0 Å². The van der Waals surface area contributed by atoms with E-state index in [1.54, 1.807) is 13.3 Å². The first kappa shape index (κ1) is 22.1. The van der Waals surface area contributed by atoms with E-state index in [1.807, 2.05) is 30.0 Å². The second-order valence-corrected chi connectivity index (χ2v) is 9.74. The third kappa shape index (κ3) is 3.94. The fourth-order valence-electron chi connectivity index (χ4n) is 5.10. The van der Waals surface area contributed by atoms with Crippen molar-refractivity contribution in [2.75, 3.05) is 31.1 Å². The van der Waals surface area contributed by atoms with Crippen molar-refractivity contribution in [3.8, 4) is 0 Å². The van der Waals surface area contributed by atoms with Crippen LogP contribution in [0.4, 0.5) is 5.69 Å². The number of aromatic nitrogens is 2. The van der Waals surface area contributed by atoms with Crippen molar-refractivity contribution in [2.24, 2.45) is 5.92 Å². The smallest absolute Gasteiger partial charge is 0.250 e. The van der Waals surface area contributed by atoms with Crippen molar-refractivity contribution < 1.29 is 9.59 Å². The highest BCUT2D eigenvalue weighted by atomic mass is 35.5. The lowest BCUT2D eigenvalue weighted by atomic mass is 9.86. The van der Waals surface area contributed by atoms with Gasteiger partial charge in [-0.25, -0.2) is 4.98 Å². The van der Waals surface area contributed by atoms with Gasteiger partial charge in [0.05, 0.1) is 23.4 Å². The van der Waals surface area contributed by atoms with E-state index < -0.39 is 5.54 Å². The van der Waals surface area contributed by atoms with Crippen LogP contribution in [0, 0.1) is 5.92 Å². The molecule has 1 N–H and O–H groups in total. The number of halogens is 1. The van der Waals surface area contributed by atoms with E-state index in [2.05, 4.69) is 33.6 Å². The second kappa shape index (κ2) is 8.43. The Balaban J connectivity index is 1.74. The molecule has 4 unspecified atom stereocenters. The molecule has 2 saturated heterocycles. The number of rotatable bonds is 4. The Hall–Kier alpha value is -2.12. The van der Waals surface area contributed by atoms with Gasteiger partial charge in [0.2, 0.25) is 5.91 Å². The Morgan fingerprint density at radius 3 is 2.84 bits per heavy atom. The molecule has 1 amide bonds. The molecule has 3 heterocycles. The predicted molar refractivity (Wildman–Crippen MR) is 123 cm³/mol. The largest absolute Gasteiger partial charge is 0.353 e. The van der Waals surface area contributed by atoms with Crippen molar-refractivity contribution in [3.05, 3.63) is 24.5 Å². The van der Waals surface area contributed by atoms with Gasteiger partial charge in [0.1, 0.15) is 11.0 Å². The van der Waals surface area contributed by atoms with Gasteiger partial charge in [-0.3, -0.25) is 14.5 Å². The molecule has 0 radical (unpaired) electrons. The van der Waals surface area contributed by atoms with Crippen LogP contribution in [-0.2, 0) is 9.59 Å². The average molecular weight is 446 g/mol. The van der Waals surface area contributed by atoms with Crippen LogP contribution in [0.1, 0.15) is 40.5 Å². The molecule has 4 rings (SSSR count). The highest BCUT2D eigenvalue weighted by Gasteiger charge is 2.50. The van der Waals surface area contributed by atoms with Crippen molar-refractivity contribution >= 4 is 40.0 Å². The molecule has 7 nitrogen and oxygen atoms in total.